The zero-order chi connectivity index (χ0) is 36.9. The number of hydrogen-bond donors (Lipinski definition) is 0. The lowest BCUT2D eigenvalue weighted by Crippen LogP contribution is -2.11. The van der Waals surface area contributed by atoms with Gasteiger partial charge in [-0.1, -0.05) is 129 Å². The molecule has 0 spiro atoms. The lowest BCUT2D eigenvalue weighted by atomic mass is 9.85. The standard InChI is InChI=1S/C47H48N2O/c1-27(2)33-23-36(28(3)4)44(37(24-33)29(5)6)49-41-17-13-12-16-40(41)48-46(49)35-21-20-32(26-47(7,8)9)43-39-22-31-19-18-30-14-10-11-15-34(30)38(31)25-42(39)50-45(35)43/h10-25,27-29H,26H2,1-9H3/i26D2. The smallest absolute Gasteiger partial charge is 0.149 e. The van der Waals surface area contributed by atoms with Crippen molar-refractivity contribution in [3.05, 3.63) is 119 Å². The van der Waals surface area contributed by atoms with Crippen LogP contribution in [0, 0.1) is 5.41 Å². The third-order valence-electron chi connectivity index (χ3n) is 10.1. The van der Waals surface area contributed by atoms with Gasteiger partial charge in [0.25, 0.3) is 0 Å². The lowest BCUT2D eigenvalue weighted by molar-refractivity contribution is 0.412. The molecule has 8 rings (SSSR count). The number of benzene rings is 6. The number of fused-ring (bicyclic) bond motifs is 7. The van der Waals surface area contributed by atoms with Crippen LogP contribution in [0.4, 0.5) is 0 Å². The molecule has 0 saturated carbocycles. The first-order valence-electron chi connectivity index (χ1n) is 19.1. The molecule has 50 heavy (non-hydrogen) atoms. The first kappa shape index (κ1) is 30.0. The molecule has 0 bridgehead atoms. The Kier molecular flexibility index (Phi) is 7.12. The number of nitrogens with zero attached hydrogens (tertiary/aromatic N) is 2. The second-order valence-corrected chi connectivity index (χ2v) is 16.0. The number of furan rings is 1. The van der Waals surface area contributed by atoms with E-state index in [1.54, 1.807) is 0 Å². The van der Waals surface area contributed by atoms with E-state index in [9.17, 15) is 2.74 Å². The second-order valence-electron chi connectivity index (χ2n) is 16.0. The molecule has 0 aliphatic rings. The highest BCUT2D eigenvalue weighted by Gasteiger charge is 2.27. The topological polar surface area (TPSA) is 31.0 Å². The number of rotatable bonds is 6. The minimum absolute atomic E-state index is 0.273. The van der Waals surface area contributed by atoms with Gasteiger partial charge in [0.1, 0.15) is 17.0 Å². The normalized spacial score (nSPS) is 13.6. The third kappa shape index (κ3) is 5.30. The quantitative estimate of drug-likeness (QED) is 0.166. The zero-order valence-electron chi connectivity index (χ0n) is 32.8. The van der Waals surface area contributed by atoms with Crippen LogP contribution < -0.4 is 0 Å². The van der Waals surface area contributed by atoms with Crippen molar-refractivity contribution < 1.29 is 7.16 Å². The molecule has 0 radical (unpaired) electrons. The Labute approximate surface area is 298 Å². The van der Waals surface area contributed by atoms with Gasteiger partial charge < -0.3 is 4.42 Å². The van der Waals surface area contributed by atoms with E-state index in [1.807, 2.05) is 39.0 Å². The first-order valence-corrected chi connectivity index (χ1v) is 18.1. The monoisotopic (exact) mass is 658 g/mol. The van der Waals surface area contributed by atoms with E-state index < -0.39 is 11.8 Å². The molecule has 3 heteroatoms. The van der Waals surface area contributed by atoms with Gasteiger partial charge >= 0.3 is 0 Å². The van der Waals surface area contributed by atoms with Crippen molar-refractivity contribution in [3.8, 4) is 17.1 Å². The van der Waals surface area contributed by atoms with Crippen LogP contribution in [0.25, 0.3) is 71.6 Å². The summed E-state index contributed by atoms with van der Waals surface area (Å²) < 4.78 is 28.4. The Balaban J connectivity index is 1.53. The van der Waals surface area contributed by atoms with E-state index in [2.05, 4.69) is 125 Å². The Morgan fingerprint density at radius 3 is 2.08 bits per heavy atom. The van der Waals surface area contributed by atoms with E-state index in [-0.39, 0.29) is 11.8 Å². The highest BCUT2D eigenvalue weighted by molar-refractivity contribution is 6.18. The second kappa shape index (κ2) is 11.9. The van der Waals surface area contributed by atoms with Crippen molar-refractivity contribution in [2.45, 2.75) is 86.4 Å². The Bertz CT molecular complexity index is 2650. The Morgan fingerprint density at radius 1 is 0.700 bits per heavy atom. The number of hydrogen-bond acceptors (Lipinski definition) is 2. The molecular weight excluding hydrogens is 609 g/mol. The van der Waals surface area contributed by atoms with Gasteiger partial charge in [-0.3, -0.25) is 4.57 Å². The molecule has 0 amide bonds. The predicted molar refractivity (Wildman–Crippen MR) is 214 cm³/mol. The maximum absolute atomic E-state index is 9.53. The molecule has 2 heterocycles. The first-order chi connectivity index (χ1) is 24.7. The van der Waals surface area contributed by atoms with Crippen molar-refractivity contribution in [3.63, 3.8) is 0 Å². The molecule has 3 nitrogen and oxygen atoms in total. The van der Waals surface area contributed by atoms with Crippen molar-refractivity contribution in [2.24, 2.45) is 5.41 Å². The van der Waals surface area contributed by atoms with Gasteiger partial charge in [-0.2, -0.15) is 0 Å². The van der Waals surface area contributed by atoms with Crippen LogP contribution in [0.5, 0.6) is 0 Å². The SMILES string of the molecule is [2H]C([2H])(c1ccc(-c2nc3ccccc3n2-c2c(C(C)C)cc(C(C)C)cc2C(C)C)c2oc3cc4c(ccc5ccccc54)cc3c12)C(C)(C)C. The van der Waals surface area contributed by atoms with E-state index in [1.165, 1.54) is 33.2 Å². The van der Waals surface area contributed by atoms with Crippen LogP contribution in [0.3, 0.4) is 0 Å². The Morgan fingerprint density at radius 2 is 1.38 bits per heavy atom. The van der Waals surface area contributed by atoms with Crippen LogP contribution >= 0.6 is 0 Å². The van der Waals surface area contributed by atoms with Gasteiger partial charge in [-0.25, -0.2) is 4.98 Å². The van der Waals surface area contributed by atoms with Gasteiger partial charge in [0.15, 0.2) is 0 Å². The molecule has 0 unspecified atom stereocenters. The number of aromatic nitrogens is 2. The minimum atomic E-state index is -1.65. The summed E-state index contributed by atoms with van der Waals surface area (Å²) in [6.45, 7) is 19.6. The average Bonchev–Trinajstić information content (AvgIpc) is 3.67. The fourth-order valence-corrected chi connectivity index (χ4v) is 7.67. The lowest BCUT2D eigenvalue weighted by Gasteiger charge is -2.25. The molecular formula is C47H48N2O. The molecule has 6 aromatic carbocycles. The van der Waals surface area contributed by atoms with Crippen molar-refractivity contribution in [2.75, 3.05) is 0 Å². The van der Waals surface area contributed by atoms with E-state index >= 15 is 0 Å². The van der Waals surface area contributed by atoms with E-state index in [4.69, 9.17) is 9.40 Å². The maximum atomic E-state index is 9.53. The van der Waals surface area contributed by atoms with Crippen LogP contribution in [-0.4, -0.2) is 9.55 Å². The summed E-state index contributed by atoms with van der Waals surface area (Å²) in [7, 11) is 0. The highest BCUT2D eigenvalue weighted by atomic mass is 16.3. The summed E-state index contributed by atoms with van der Waals surface area (Å²) in [5, 5.41) is 6.29. The summed E-state index contributed by atoms with van der Waals surface area (Å²) in [5.74, 6) is 1.74. The van der Waals surface area contributed by atoms with Crippen LogP contribution in [0.2, 0.25) is 0 Å². The van der Waals surface area contributed by atoms with Gasteiger partial charge in [0.05, 0.1) is 22.3 Å². The molecule has 0 saturated heterocycles. The van der Waals surface area contributed by atoms with Crippen molar-refractivity contribution >= 4 is 54.5 Å². The Hall–Kier alpha value is -4.89. The van der Waals surface area contributed by atoms with Gasteiger partial charge in [-0.15, -0.1) is 0 Å². The van der Waals surface area contributed by atoms with Crippen molar-refractivity contribution in [1.29, 1.82) is 0 Å². The molecule has 252 valence electrons. The van der Waals surface area contributed by atoms with Crippen LogP contribution in [-0.2, 0) is 6.37 Å². The number of imidazole rings is 1. The molecule has 0 aliphatic heterocycles. The summed E-state index contributed by atoms with van der Waals surface area (Å²) >= 11 is 0. The molecule has 0 aliphatic carbocycles. The fourth-order valence-electron chi connectivity index (χ4n) is 7.67. The highest BCUT2D eigenvalue weighted by Crippen LogP contribution is 2.45. The average molecular weight is 659 g/mol. The van der Waals surface area contributed by atoms with E-state index in [0.29, 0.717) is 17.1 Å². The molecule has 2 aromatic heterocycles. The van der Waals surface area contributed by atoms with Gasteiger partial charge in [-0.05, 0) is 104 Å². The van der Waals surface area contributed by atoms with Crippen molar-refractivity contribution in [1.82, 2.24) is 9.55 Å². The van der Waals surface area contributed by atoms with Gasteiger partial charge in [0.2, 0.25) is 0 Å². The predicted octanol–water partition coefficient (Wildman–Crippen LogP) is 13.9. The molecule has 0 fully saturated rings. The minimum Gasteiger partial charge on any atom is -0.455 e. The summed E-state index contributed by atoms with van der Waals surface area (Å²) in [6, 6.07) is 34.3. The summed E-state index contributed by atoms with van der Waals surface area (Å²) in [6.07, 6.45) is -1.65. The number of para-hydroxylation sites is 2. The van der Waals surface area contributed by atoms with Crippen LogP contribution in [0.15, 0.2) is 101 Å². The molecule has 0 atom stereocenters. The summed E-state index contributed by atoms with van der Waals surface area (Å²) in [4.78, 5) is 5.38. The summed E-state index contributed by atoms with van der Waals surface area (Å²) in [5.41, 5.74) is 9.26. The van der Waals surface area contributed by atoms with Gasteiger partial charge in [0, 0.05) is 13.5 Å². The zero-order valence-corrected chi connectivity index (χ0v) is 30.8. The third-order valence-corrected chi connectivity index (χ3v) is 10.1. The van der Waals surface area contributed by atoms with E-state index in [0.717, 1.165) is 49.5 Å². The molecule has 8 aromatic rings. The fraction of sp³-hybridized carbons (Fsp3) is 0.298. The maximum Gasteiger partial charge on any atom is 0.149 e. The largest absolute Gasteiger partial charge is 0.455 e. The van der Waals surface area contributed by atoms with Crippen LogP contribution in [0.1, 0.15) is 105 Å². The molecule has 0 N–H and O–H groups in total.